The highest BCUT2D eigenvalue weighted by molar-refractivity contribution is 5.94. The van der Waals surface area contributed by atoms with Crippen LogP contribution in [0.25, 0.3) is 0 Å². The number of rotatable bonds is 6. The number of carboxylic acids is 1. The van der Waals surface area contributed by atoms with Gasteiger partial charge in [0.25, 0.3) is 5.91 Å². The zero-order valence-corrected chi connectivity index (χ0v) is 10.5. The quantitative estimate of drug-likeness (QED) is 0.834. The van der Waals surface area contributed by atoms with Gasteiger partial charge in [0.2, 0.25) is 0 Å². The fraction of sp³-hybridized carbons (Fsp3) is 0.385. The lowest BCUT2D eigenvalue weighted by Crippen LogP contribution is -2.33. The number of benzene rings is 1. The maximum Gasteiger partial charge on any atom is 0.303 e. The first kappa shape index (κ1) is 15.1. The van der Waals surface area contributed by atoms with Crippen LogP contribution in [0.3, 0.4) is 0 Å². The Morgan fingerprint density at radius 3 is 2.68 bits per heavy atom. The molecule has 0 saturated heterocycles. The molecular formula is C13H15F2NO3. The standard InChI is InChI=1S/C13H15F2NO3/c1-8(3-2-4-12(17)18)16-13(19)10-7-9(14)5-6-11(10)15/h5-8H,2-4H2,1H3,(H,16,19)(H,17,18). The summed E-state index contributed by atoms with van der Waals surface area (Å²) in [6.07, 6.45) is 0.867. The van der Waals surface area contributed by atoms with Crippen LogP contribution in [0.4, 0.5) is 8.78 Å². The van der Waals surface area contributed by atoms with Crippen molar-refractivity contribution in [1.29, 1.82) is 0 Å². The van der Waals surface area contributed by atoms with E-state index in [1.165, 1.54) is 0 Å². The molecule has 1 rings (SSSR count). The van der Waals surface area contributed by atoms with Crippen molar-refractivity contribution in [2.45, 2.75) is 32.2 Å². The number of hydrogen-bond acceptors (Lipinski definition) is 2. The summed E-state index contributed by atoms with van der Waals surface area (Å²) >= 11 is 0. The summed E-state index contributed by atoms with van der Waals surface area (Å²) in [4.78, 5) is 22.0. The lowest BCUT2D eigenvalue weighted by atomic mass is 10.1. The van der Waals surface area contributed by atoms with Gasteiger partial charge in [-0.2, -0.15) is 0 Å². The molecule has 0 aliphatic carbocycles. The molecule has 1 amide bonds. The van der Waals surface area contributed by atoms with E-state index in [0.29, 0.717) is 12.8 Å². The minimum absolute atomic E-state index is 0.00847. The van der Waals surface area contributed by atoms with Crippen LogP contribution in [-0.2, 0) is 4.79 Å². The van der Waals surface area contributed by atoms with Crippen molar-refractivity contribution in [1.82, 2.24) is 5.32 Å². The summed E-state index contributed by atoms with van der Waals surface area (Å²) in [6, 6.07) is 2.34. The molecule has 1 aromatic rings. The van der Waals surface area contributed by atoms with E-state index in [1.807, 2.05) is 0 Å². The Bertz CT molecular complexity index is 477. The minimum atomic E-state index is -0.908. The van der Waals surface area contributed by atoms with Crippen LogP contribution >= 0.6 is 0 Å². The number of amides is 1. The summed E-state index contributed by atoms with van der Waals surface area (Å²) in [5.41, 5.74) is -0.356. The summed E-state index contributed by atoms with van der Waals surface area (Å²) in [7, 11) is 0. The predicted octanol–water partition coefficient (Wildman–Crippen LogP) is 2.34. The van der Waals surface area contributed by atoms with Gasteiger partial charge in [-0.3, -0.25) is 9.59 Å². The number of carbonyl (C=O) groups excluding carboxylic acids is 1. The largest absolute Gasteiger partial charge is 0.481 e. The van der Waals surface area contributed by atoms with Crippen LogP contribution in [0.5, 0.6) is 0 Å². The van der Waals surface area contributed by atoms with Gasteiger partial charge in [-0.1, -0.05) is 0 Å². The lowest BCUT2D eigenvalue weighted by Gasteiger charge is -2.13. The van der Waals surface area contributed by atoms with Gasteiger partial charge in [0.05, 0.1) is 5.56 Å². The first-order chi connectivity index (χ1) is 8.90. The smallest absolute Gasteiger partial charge is 0.303 e. The maximum absolute atomic E-state index is 13.3. The van der Waals surface area contributed by atoms with E-state index in [4.69, 9.17) is 5.11 Å². The molecule has 0 heterocycles. The molecule has 0 spiro atoms. The third kappa shape index (κ3) is 5.03. The van der Waals surface area contributed by atoms with Crippen molar-refractivity contribution in [2.75, 3.05) is 0 Å². The Hall–Kier alpha value is -1.98. The van der Waals surface area contributed by atoms with E-state index < -0.39 is 23.5 Å². The number of nitrogens with one attached hydrogen (secondary N) is 1. The van der Waals surface area contributed by atoms with Crippen molar-refractivity contribution in [3.8, 4) is 0 Å². The number of aliphatic carboxylic acids is 1. The highest BCUT2D eigenvalue weighted by atomic mass is 19.1. The Labute approximate surface area is 109 Å². The van der Waals surface area contributed by atoms with Crippen molar-refractivity contribution >= 4 is 11.9 Å². The highest BCUT2D eigenvalue weighted by Gasteiger charge is 2.15. The topological polar surface area (TPSA) is 66.4 Å². The van der Waals surface area contributed by atoms with Crippen molar-refractivity contribution in [2.24, 2.45) is 0 Å². The number of carbonyl (C=O) groups is 2. The van der Waals surface area contributed by atoms with Crippen molar-refractivity contribution in [3.05, 3.63) is 35.4 Å². The molecule has 0 fully saturated rings. The first-order valence-electron chi connectivity index (χ1n) is 5.88. The normalized spacial score (nSPS) is 11.9. The van der Waals surface area contributed by atoms with E-state index in [-0.39, 0.29) is 18.0 Å². The molecule has 0 aromatic heterocycles. The molecule has 104 valence electrons. The van der Waals surface area contributed by atoms with Gasteiger partial charge in [-0.05, 0) is 38.0 Å². The van der Waals surface area contributed by atoms with Crippen molar-refractivity contribution < 1.29 is 23.5 Å². The SMILES string of the molecule is CC(CCCC(=O)O)NC(=O)c1cc(F)ccc1F. The maximum atomic E-state index is 13.3. The van der Waals surface area contributed by atoms with Crippen LogP contribution in [0.1, 0.15) is 36.5 Å². The van der Waals surface area contributed by atoms with Crippen molar-refractivity contribution in [3.63, 3.8) is 0 Å². The van der Waals surface area contributed by atoms with E-state index in [0.717, 1.165) is 18.2 Å². The molecule has 6 heteroatoms. The second kappa shape index (κ2) is 6.82. The van der Waals surface area contributed by atoms with Gasteiger partial charge in [0, 0.05) is 12.5 Å². The zero-order valence-electron chi connectivity index (χ0n) is 10.5. The number of carboxylic acid groups (broad SMARTS) is 1. The van der Waals surface area contributed by atoms with Gasteiger partial charge in [-0.25, -0.2) is 8.78 Å². The summed E-state index contributed by atoms with van der Waals surface area (Å²) in [6.45, 7) is 1.68. The van der Waals surface area contributed by atoms with Gasteiger partial charge in [-0.15, -0.1) is 0 Å². The molecule has 0 aliphatic rings. The first-order valence-corrected chi connectivity index (χ1v) is 5.88. The molecule has 1 unspecified atom stereocenters. The van der Waals surface area contributed by atoms with Gasteiger partial charge in [0.15, 0.2) is 0 Å². The predicted molar refractivity (Wildman–Crippen MR) is 64.8 cm³/mol. The lowest BCUT2D eigenvalue weighted by molar-refractivity contribution is -0.137. The third-order valence-electron chi connectivity index (χ3n) is 2.58. The fourth-order valence-corrected chi connectivity index (χ4v) is 1.60. The van der Waals surface area contributed by atoms with E-state index in [2.05, 4.69) is 5.32 Å². The van der Waals surface area contributed by atoms with E-state index >= 15 is 0 Å². The van der Waals surface area contributed by atoms with Crippen LogP contribution in [-0.4, -0.2) is 23.0 Å². The zero-order chi connectivity index (χ0) is 14.4. The Kier molecular flexibility index (Phi) is 5.41. The summed E-state index contributed by atoms with van der Waals surface area (Å²) < 4.78 is 26.2. The molecule has 0 aliphatic heterocycles. The molecule has 0 radical (unpaired) electrons. The summed E-state index contributed by atoms with van der Waals surface area (Å²) in [5, 5.41) is 11.0. The van der Waals surface area contributed by atoms with E-state index in [9.17, 15) is 18.4 Å². The average molecular weight is 271 g/mol. The molecule has 1 aromatic carbocycles. The second-order valence-electron chi connectivity index (χ2n) is 4.28. The van der Waals surface area contributed by atoms with Crippen LogP contribution in [0, 0.1) is 11.6 Å². The number of halogens is 2. The molecule has 0 saturated carbocycles. The highest BCUT2D eigenvalue weighted by Crippen LogP contribution is 2.10. The van der Waals surface area contributed by atoms with Crippen LogP contribution < -0.4 is 5.32 Å². The Balaban J connectivity index is 2.54. The molecule has 19 heavy (non-hydrogen) atoms. The average Bonchev–Trinajstić information content (AvgIpc) is 2.31. The Morgan fingerprint density at radius 1 is 1.37 bits per heavy atom. The molecule has 1 atom stereocenters. The van der Waals surface area contributed by atoms with Gasteiger partial charge < -0.3 is 10.4 Å². The Morgan fingerprint density at radius 2 is 2.05 bits per heavy atom. The second-order valence-corrected chi connectivity index (χ2v) is 4.28. The summed E-state index contributed by atoms with van der Waals surface area (Å²) in [5.74, 6) is -3.10. The van der Waals surface area contributed by atoms with Crippen LogP contribution in [0.15, 0.2) is 18.2 Å². The number of hydrogen-bond donors (Lipinski definition) is 2. The third-order valence-corrected chi connectivity index (χ3v) is 2.58. The van der Waals surface area contributed by atoms with E-state index in [1.54, 1.807) is 6.92 Å². The van der Waals surface area contributed by atoms with Gasteiger partial charge in [0.1, 0.15) is 11.6 Å². The molecule has 0 bridgehead atoms. The molecule has 2 N–H and O–H groups in total. The monoisotopic (exact) mass is 271 g/mol. The minimum Gasteiger partial charge on any atom is -0.481 e. The van der Waals surface area contributed by atoms with Crippen LogP contribution in [0.2, 0.25) is 0 Å². The fourth-order valence-electron chi connectivity index (χ4n) is 1.60. The molecular weight excluding hydrogens is 256 g/mol. The molecule has 4 nitrogen and oxygen atoms in total. The van der Waals surface area contributed by atoms with Gasteiger partial charge >= 0.3 is 5.97 Å².